The second kappa shape index (κ2) is 6.46. The number of sulfonamides is 1. The average Bonchev–Trinajstić information content (AvgIpc) is 2.91. The molecule has 2 rings (SSSR count). The molecule has 2 aromatic rings. The normalized spacial score (nSPS) is 14.8. The zero-order chi connectivity index (χ0) is 15.5. The minimum atomic E-state index is -3.54. The minimum absolute atomic E-state index is 0.0730. The van der Waals surface area contributed by atoms with E-state index in [4.69, 9.17) is 11.6 Å². The molecule has 7 heteroatoms. The summed E-state index contributed by atoms with van der Waals surface area (Å²) in [6.07, 6.45) is 0. The number of thiophene rings is 1. The Morgan fingerprint density at radius 3 is 2.71 bits per heavy atom. The molecule has 0 aliphatic carbocycles. The molecular formula is C14H16ClNO3S2. The van der Waals surface area contributed by atoms with Crippen molar-refractivity contribution in [3.8, 4) is 0 Å². The van der Waals surface area contributed by atoms with Gasteiger partial charge in [0, 0.05) is 16.4 Å². The summed E-state index contributed by atoms with van der Waals surface area (Å²) in [6, 6.07) is 10.3. The maximum atomic E-state index is 12.1. The smallest absolute Gasteiger partial charge is 0.215 e. The molecule has 2 N–H and O–H groups in total. The Morgan fingerprint density at radius 1 is 1.33 bits per heavy atom. The van der Waals surface area contributed by atoms with E-state index in [2.05, 4.69) is 4.72 Å². The molecule has 1 aromatic carbocycles. The molecule has 0 fully saturated rings. The lowest BCUT2D eigenvalue weighted by atomic mass is 10.1. The van der Waals surface area contributed by atoms with Gasteiger partial charge in [-0.05, 0) is 36.1 Å². The third-order valence-electron chi connectivity index (χ3n) is 2.93. The molecule has 114 valence electrons. The molecule has 0 aliphatic rings. The predicted molar refractivity (Wildman–Crippen MR) is 86.0 cm³/mol. The van der Waals surface area contributed by atoms with Crippen LogP contribution in [0.15, 0.2) is 41.8 Å². The van der Waals surface area contributed by atoms with Crippen LogP contribution in [0.25, 0.3) is 0 Å². The zero-order valence-electron chi connectivity index (χ0n) is 11.4. The van der Waals surface area contributed by atoms with Gasteiger partial charge in [0.15, 0.2) is 0 Å². The summed E-state index contributed by atoms with van der Waals surface area (Å²) in [5.41, 5.74) is -0.624. The maximum absolute atomic E-state index is 12.1. The average molecular weight is 346 g/mol. The van der Waals surface area contributed by atoms with Crippen molar-refractivity contribution in [2.75, 3.05) is 6.54 Å². The van der Waals surface area contributed by atoms with Gasteiger partial charge in [-0.1, -0.05) is 29.8 Å². The lowest BCUT2D eigenvalue weighted by Crippen LogP contribution is -2.38. The third-order valence-corrected chi connectivity index (χ3v) is 5.59. The van der Waals surface area contributed by atoms with E-state index in [0.717, 1.165) is 0 Å². The van der Waals surface area contributed by atoms with Gasteiger partial charge in [-0.15, -0.1) is 11.3 Å². The van der Waals surface area contributed by atoms with Crippen LogP contribution >= 0.6 is 22.9 Å². The molecular weight excluding hydrogens is 330 g/mol. The van der Waals surface area contributed by atoms with Gasteiger partial charge >= 0.3 is 0 Å². The SMILES string of the molecule is CC(O)(CNS(=O)(=O)Cc1cccc(Cl)c1)c1cccs1. The fourth-order valence-electron chi connectivity index (χ4n) is 1.82. The molecule has 0 saturated carbocycles. The summed E-state index contributed by atoms with van der Waals surface area (Å²) >= 11 is 7.22. The summed E-state index contributed by atoms with van der Waals surface area (Å²) in [7, 11) is -3.54. The Hall–Kier alpha value is -0.920. The number of halogens is 1. The fraction of sp³-hybridized carbons (Fsp3) is 0.286. The number of rotatable bonds is 6. The number of aliphatic hydroxyl groups is 1. The van der Waals surface area contributed by atoms with Crippen LogP contribution in [0.2, 0.25) is 5.02 Å². The summed E-state index contributed by atoms with van der Waals surface area (Å²) in [4.78, 5) is 0.716. The fourth-order valence-corrected chi connectivity index (χ4v) is 4.04. The lowest BCUT2D eigenvalue weighted by molar-refractivity contribution is 0.0666. The van der Waals surface area contributed by atoms with Crippen LogP contribution in [0.1, 0.15) is 17.4 Å². The molecule has 0 aliphatic heterocycles. The third kappa shape index (κ3) is 4.79. The van der Waals surface area contributed by atoms with Gasteiger partial charge in [0.05, 0.1) is 5.75 Å². The molecule has 21 heavy (non-hydrogen) atoms. The van der Waals surface area contributed by atoms with Crippen molar-refractivity contribution >= 4 is 33.0 Å². The molecule has 1 atom stereocenters. The predicted octanol–water partition coefficient (Wildman–Crippen LogP) is 2.73. The largest absolute Gasteiger partial charge is 0.383 e. The first kappa shape index (κ1) is 16.5. The van der Waals surface area contributed by atoms with Crippen LogP contribution < -0.4 is 4.72 Å². The Kier molecular flexibility index (Phi) is 5.06. The van der Waals surface area contributed by atoms with Gasteiger partial charge < -0.3 is 5.11 Å². The van der Waals surface area contributed by atoms with Crippen LogP contribution in [0, 0.1) is 0 Å². The van der Waals surface area contributed by atoms with Crippen molar-refractivity contribution < 1.29 is 13.5 Å². The molecule has 1 heterocycles. The molecule has 4 nitrogen and oxygen atoms in total. The highest BCUT2D eigenvalue weighted by Gasteiger charge is 2.26. The molecule has 1 unspecified atom stereocenters. The molecule has 0 amide bonds. The summed E-state index contributed by atoms with van der Waals surface area (Å²) in [5, 5.41) is 12.6. The first-order valence-electron chi connectivity index (χ1n) is 6.27. The van der Waals surface area contributed by atoms with Crippen molar-refractivity contribution in [2.45, 2.75) is 18.3 Å². The first-order chi connectivity index (χ1) is 9.78. The van der Waals surface area contributed by atoms with Gasteiger partial charge in [-0.2, -0.15) is 0 Å². The highest BCUT2D eigenvalue weighted by Crippen LogP contribution is 2.24. The van der Waals surface area contributed by atoms with Crippen LogP contribution in [0.5, 0.6) is 0 Å². The van der Waals surface area contributed by atoms with E-state index < -0.39 is 15.6 Å². The number of hydrogen-bond donors (Lipinski definition) is 2. The Labute approximate surface area is 133 Å². The zero-order valence-corrected chi connectivity index (χ0v) is 13.8. The number of hydrogen-bond acceptors (Lipinski definition) is 4. The van der Waals surface area contributed by atoms with E-state index in [0.29, 0.717) is 15.5 Å². The molecule has 0 saturated heterocycles. The molecule has 0 radical (unpaired) electrons. The van der Waals surface area contributed by atoms with Gasteiger partial charge in [-0.25, -0.2) is 13.1 Å². The summed E-state index contributed by atoms with van der Waals surface area (Å²) < 4.78 is 26.6. The summed E-state index contributed by atoms with van der Waals surface area (Å²) in [5.74, 6) is -0.173. The quantitative estimate of drug-likeness (QED) is 0.846. The molecule has 1 aromatic heterocycles. The maximum Gasteiger partial charge on any atom is 0.215 e. The van der Waals surface area contributed by atoms with Crippen molar-refractivity contribution in [1.29, 1.82) is 0 Å². The van der Waals surface area contributed by atoms with E-state index in [1.165, 1.54) is 11.3 Å². The highest BCUT2D eigenvalue weighted by molar-refractivity contribution is 7.88. The Bertz CT molecular complexity index is 697. The Morgan fingerprint density at radius 2 is 2.10 bits per heavy atom. The van der Waals surface area contributed by atoms with Crippen LogP contribution in [-0.2, 0) is 21.4 Å². The first-order valence-corrected chi connectivity index (χ1v) is 9.18. The van der Waals surface area contributed by atoms with Crippen molar-refractivity contribution in [3.05, 3.63) is 57.2 Å². The van der Waals surface area contributed by atoms with Crippen molar-refractivity contribution in [1.82, 2.24) is 4.72 Å². The van der Waals surface area contributed by atoms with Crippen LogP contribution in [0.4, 0.5) is 0 Å². The van der Waals surface area contributed by atoms with Crippen LogP contribution in [0.3, 0.4) is 0 Å². The topological polar surface area (TPSA) is 66.4 Å². The summed E-state index contributed by atoms with van der Waals surface area (Å²) in [6.45, 7) is 1.51. The van der Waals surface area contributed by atoms with E-state index in [1.807, 2.05) is 11.4 Å². The monoisotopic (exact) mass is 345 g/mol. The molecule has 0 spiro atoms. The van der Waals surface area contributed by atoms with E-state index in [1.54, 1.807) is 37.3 Å². The van der Waals surface area contributed by atoms with Gasteiger partial charge in [-0.3, -0.25) is 0 Å². The number of nitrogens with one attached hydrogen (secondary N) is 1. The molecule has 0 bridgehead atoms. The van der Waals surface area contributed by atoms with E-state index in [9.17, 15) is 13.5 Å². The second-order valence-corrected chi connectivity index (χ2v) is 8.15. The number of benzene rings is 1. The standard InChI is InChI=1S/C14H16ClNO3S2/c1-14(17,13-6-3-7-20-13)10-16-21(18,19)9-11-4-2-5-12(15)8-11/h2-8,16-17H,9-10H2,1H3. The second-order valence-electron chi connectivity index (χ2n) is 4.96. The highest BCUT2D eigenvalue weighted by atomic mass is 35.5. The minimum Gasteiger partial charge on any atom is -0.383 e. The Balaban J connectivity index is 2.02. The van der Waals surface area contributed by atoms with E-state index in [-0.39, 0.29) is 12.3 Å². The van der Waals surface area contributed by atoms with Crippen LogP contribution in [-0.4, -0.2) is 20.1 Å². The van der Waals surface area contributed by atoms with Gasteiger partial charge in [0.25, 0.3) is 0 Å². The van der Waals surface area contributed by atoms with Crippen molar-refractivity contribution in [3.63, 3.8) is 0 Å². The lowest BCUT2D eigenvalue weighted by Gasteiger charge is -2.22. The van der Waals surface area contributed by atoms with Crippen molar-refractivity contribution in [2.24, 2.45) is 0 Å². The van der Waals surface area contributed by atoms with E-state index >= 15 is 0 Å². The van der Waals surface area contributed by atoms with Gasteiger partial charge in [0.1, 0.15) is 5.60 Å². The van der Waals surface area contributed by atoms with Gasteiger partial charge in [0.2, 0.25) is 10.0 Å².